The molecule has 2 aromatic rings. The van der Waals surface area contributed by atoms with Crippen molar-refractivity contribution in [1.82, 2.24) is 5.32 Å². The molecular weight excluding hydrogens is 799 g/mol. The van der Waals surface area contributed by atoms with Crippen LogP contribution < -0.4 is 19.5 Å². The summed E-state index contributed by atoms with van der Waals surface area (Å²) in [5, 5.41) is 12.8. The zero-order valence-electron chi connectivity index (χ0n) is 37.9. The van der Waals surface area contributed by atoms with Gasteiger partial charge in [-0.1, -0.05) is 53.6 Å². The monoisotopic (exact) mass is 857 g/mol. The zero-order valence-corrected chi connectivity index (χ0v) is 37.9. The molecule has 3 saturated carbocycles. The van der Waals surface area contributed by atoms with E-state index in [1.807, 2.05) is 38.1 Å². The van der Waals surface area contributed by atoms with Crippen molar-refractivity contribution in [3.05, 3.63) is 104 Å². The minimum absolute atomic E-state index is 0.0135. The first-order chi connectivity index (χ1) is 30.0. The van der Waals surface area contributed by atoms with E-state index < -0.39 is 40.2 Å². The van der Waals surface area contributed by atoms with Crippen molar-refractivity contribution in [2.24, 2.45) is 17.8 Å². The van der Waals surface area contributed by atoms with Crippen LogP contribution in [0.3, 0.4) is 0 Å². The van der Waals surface area contributed by atoms with Crippen LogP contribution in [0.4, 0.5) is 0 Å². The zero-order chi connectivity index (χ0) is 44.8. The van der Waals surface area contributed by atoms with Crippen molar-refractivity contribution in [3.8, 4) is 17.2 Å². The molecule has 4 aliphatic carbocycles. The molecule has 8 aliphatic rings. The minimum Gasteiger partial charge on any atom is -0.491 e. The van der Waals surface area contributed by atoms with Crippen molar-refractivity contribution >= 4 is 35.1 Å². The van der Waals surface area contributed by atoms with Crippen molar-refractivity contribution in [3.63, 3.8) is 0 Å². The van der Waals surface area contributed by atoms with Gasteiger partial charge >= 0.3 is 5.97 Å². The molecule has 11 heteroatoms. The molecule has 4 bridgehead atoms. The number of Topliss-reactive ketones (excluding diaryl/α,β-unsaturated/α-hetero) is 2. The molecule has 4 aliphatic heterocycles. The molecular formula is C52H59NO10. The maximum absolute atomic E-state index is 15.8. The Kier molecular flexibility index (Phi) is 10.6. The highest BCUT2D eigenvalue weighted by Gasteiger charge is 2.84. The van der Waals surface area contributed by atoms with Crippen molar-refractivity contribution in [1.29, 1.82) is 0 Å². The molecule has 0 radical (unpaired) electrons. The summed E-state index contributed by atoms with van der Waals surface area (Å²) in [4.78, 5) is 43.4. The number of carbonyl (C=O) groups is 3. The molecule has 4 heterocycles. The van der Waals surface area contributed by atoms with Crippen LogP contribution in [0.1, 0.15) is 114 Å². The van der Waals surface area contributed by atoms with Gasteiger partial charge in [-0.05, 0) is 93.2 Å². The number of allylic oxidation sites excluding steroid dienone is 5. The number of ketones is 2. The first-order valence-electron chi connectivity index (χ1n) is 22.4. The number of benzene rings is 2. The van der Waals surface area contributed by atoms with Gasteiger partial charge in [0.2, 0.25) is 0 Å². The highest BCUT2D eigenvalue weighted by atomic mass is 16.6. The fourth-order valence-electron chi connectivity index (χ4n) is 11.4. The van der Waals surface area contributed by atoms with Gasteiger partial charge in [0.15, 0.2) is 22.8 Å². The lowest BCUT2D eigenvalue weighted by molar-refractivity contribution is -0.181. The summed E-state index contributed by atoms with van der Waals surface area (Å²) in [6, 6.07) is 7.47. The second-order valence-corrected chi connectivity index (χ2v) is 19.3. The number of aliphatic hydroxyl groups excluding tert-OH is 1. The first kappa shape index (κ1) is 43.0. The number of carbonyl (C=O) groups excluding carboxylic acids is 3. The third-order valence-electron chi connectivity index (χ3n) is 14.2. The molecule has 6 unspecified atom stereocenters. The van der Waals surface area contributed by atoms with Crippen LogP contribution in [0, 0.1) is 17.8 Å². The average molecular weight is 858 g/mol. The molecule has 4 fully saturated rings. The van der Waals surface area contributed by atoms with E-state index in [1.54, 1.807) is 13.0 Å². The van der Waals surface area contributed by atoms with Crippen molar-refractivity contribution in [2.45, 2.75) is 110 Å². The summed E-state index contributed by atoms with van der Waals surface area (Å²) in [6.45, 7) is 17.2. The number of aliphatic hydroxyl groups is 1. The molecule has 2 aromatic carbocycles. The predicted octanol–water partition coefficient (Wildman–Crippen LogP) is 8.44. The van der Waals surface area contributed by atoms with Gasteiger partial charge in [-0.3, -0.25) is 9.59 Å². The quantitative estimate of drug-likeness (QED) is 0.0820. The van der Waals surface area contributed by atoms with Crippen LogP contribution in [-0.2, 0) is 30.2 Å². The summed E-state index contributed by atoms with van der Waals surface area (Å²) >= 11 is 0. The molecule has 1 saturated heterocycles. The van der Waals surface area contributed by atoms with Gasteiger partial charge in [-0.15, -0.1) is 0 Å². The topological polar surface area (TPSA) is 139 Å². The number of hydrogen-bond donors (Lipinski definition) is 2. The average Bonchev–Trinajstić information content (AvgIpc) is 3.61. The van der Waals surface area contributed by atoms with Gasteiger partial charge in [-0.2, -0.15) is 0 Å². The van der Waals surface area contributed by atoms with E-state index in [-0.39, 0.29) is 37.1 Å². The predicted molar refractivity (Wildman–Crippen MR) is 239 cm³/mol. The maximum Gasteiger partial charge on any atom is 0.333 e. The van der Waals surface area contributed by atoms with E-state index in [1.165, 1.54) is 12.7 Å². The Balaban J connectivity index is 1.36. The number of esters is 1. The fraction of sp³-hybridized carbons (Fsp3) is 0.481. The largest absolute Gasteiger partial charge is 0.491 e. The number of fused-ring (bicyclic) bond motifs is 5. The highest BCUT2D eigenvalue weighted by molar-refractivity contribution is 6.22. The van der Waals surface area contributed by atoms with Crippen molar-refractivity contribution < 1.29 is 47.9 Å². The Bertz CT molecular complexity index is 2530. The van der Waals surface area contributed by atoms with E-state index in [2.05, 4.69) is 64.2 Å². The molecule has 0 aromatic heterocycles. The number of methoxy groups -OCH3 is 1. The standard InChI is InChI=1S/C52H59NO10/c1-28(2)13-12-20-50(8)21-19-34-42(61-50)33(17-16-29(3)4)45-39(43(34)59-26-24-53-23-25-54)46-40-37(38-41(55)31-14-10-11-15-32(31)44(38)60-46)35-27-36-49(6,7)63-51(47(35)56,52(36,40)62-45)22-18-30(5)48(57)58-9/h10-11,13-16,18-19,21,35-37,53-54H,12,17,20,22-27H2,1-9H3/b30-18-. The molecule has 11 nitrogen and oxygen atoms in total. The lowest BCUT2D eigenvalue weighted by Crippen LogP contribution is -2.75. The summed E-state index contributed by atoms with van der Waals surface area (Å²) in [6.07, 6.45) is 12.7. The summed E-state index contributed by atoms with van der Waals surface area (Å²) in [5.41, 5.74) is 2.53. The second-order valence-electron chi connectivity index (χ2n) is 19.3. The number of rotatable bonds is 14. The Morgan fingerprint density at radius 2 is 1.70 bits per heavy atom. The van der Waals surface area contributed by atoms with E-state index in [0.717, 1.165) is 29.5 Å². The van der Waals surface area contributed by atoms with E-state index in [4.69, 9.17) is 28.4 Å². The Morgan fingerprint density at radius 1 is 0.952 bits per heavy atom. The fourth-order valence-corrected chi connectivity index (χ4v) is 11.4. The van der Waals surface area contributed by atoms with Crippen LogP contribution in [0.25, 0.3) is 17.6 Å². The molecule has 1 spiro atoms. The number of ether oxygens (including phenoxy) is 6. The van der Waals surface area contributed by atoms with Gasteiger partial charge in [0.05, 0.1) is 30.5 Å². The van der Waals surface area contributed by atoms with Crippen LogP contribution >= 0.6 is 0 Å². The summed E-state index contributed by atoms with van der Waals surface area (Å²) in [5.74, 6) is 0.0384. The van der Waals surface area contributed by atoms with E-state index in [9.17, 15) is 14.7 Å². The Morgan fingerprint density at radius 3 is 2.41 bits per heavy atom. The number of nitrogens with one attached hydrogen (secondary N) is 1. The van der Waals surface area contributed by atoms with Crippen LogP contribution in [0.15, 0.2) is 76.4 Å². The van der Waals surface area contributed by atoms with E-state index in [0.29, 0.717) is 88.1 Å². The molecule has 10 rings (SSSR count). The second kappa shape index (κ2) is 15.5. The molecule has 6 atom stereocenters. The van der Waals surface area contributed by atoms with Crippen LogP contribution in [0.5, 0.6) is 17.2 Å². The Hall–Kier alpha value is -5.23. The van der Waals surface area contributed by atoms with Gasteiger partial charge in [0, 0.05) is 65.1 Å². The lowest BCUT2D eigenvalue weighted by Gasteiger charge is -2.62. The highest BCUT2D eigenvalue weighted by Crippen LogP contribution is 2.75. The molecule has 332 valence electrons. The summed E-state index contributed by atoms with van der Waals surface area (Å²) in [7, 11) is 1.33. The van der Waals surface area contributed by atoms with Crippen molar-refractivity contribution in [2.75, 3.05) is 33.4 Å². The molecule has 63 heavy (non-hydrogen) atoms. The van der Waals surface area contributed by atoms with Gasteiger partial charge in [0.25, 0.3) is 0 Å². The van der Waals surface area contributed by atoms with Gasteiger partial charge < -0.3 is 38.8 Å². The Labute approximate surface area is 369 Å². The minimum atomic E-state index is -1.61. The normalized spacial score (nSPS) is 28.5. The third kappa shape index (κ3) is 6.35. The first-order valence-corrected chi connectivity index (χ1v) is 22.4. The van der Waals surface area contributed by atoms with Gasteiger partial charge in [-0.25, -0.2) is 4.79 Å². The summed E-state index contributed by atoms with van der Waals surface area (Å²) < 4.78 is 41.6. The lowest BCUT2D eigenvalue weighted by atomic mass is 9.45. The van der Waals surface area contributed by atoms with E-state index >= 15 is 4.79 Å². The maximum atomic E-state index is 15.8. The SMILES string of the molecule is COC(=O)/C(C)=C\CC12OC(C)(C)C3CC(C1=O)C1C4=C(OC5=C1C32Oc1c(CC=C(C)C)c2c(c(OCCNCCO)c15)C=CC(C)(CCC=C(C)C)O2)c1ccccc1C4=O. The number of hydrogen-bond acceptors (Lipinski definition) is 11. The van der Waals surface area contributed by atoms with Crippen LogP contribution in [-0.4, -0.2) is 78.5 Å². The van der Waals surface area contributed by atoms with Crippen LogP contribution in [0.2, 0.25) is 0 Å². The molecule has 0 amide bonds. The van der Waals surface area contributed by atoms with Gasteiger partial charge in [0.1, 0.15) is 46.5 Å². The smallest absolute Gasteiger partial charge is 0.333 e. The molecule has 2 N–H and O–H groups in total. The third-order valence-corrected chi connectivity index (χ3v) is 14.2.